The van der Waals surface area contributed by atoms with Crippen molar-refractivity contribution in [3.63, 3.8) is 0 Å². The fourth-order valence-corrected chi connectivity index (χ4v) is 2.52. The minimum absolute atomic E-state index is 0.129. The van der Waals surface area contributed by atoms with Gasteiger partial charge in [-0.2, -0.15) is 5.26 Å². The largest absolute Gasteiger partial charge is 0.316 e. The van der Waals surface area contributed by atoms with Gasteiger partial charge >= 0.3 is 0 Å². The summed E-state index contributed by atoms with van der Waals surface area (Å²) < 4.78 is 0. The third-order valence-corrected chi connectivity index (χ3v) is 3.80. The maximum atomic E-state index is 12.6. The monoisotopic (exact) mass is 257 g/mol. The fraction of sp³-hybridized carbons (Fsp3) is 0.467. The van der Waals surface area contributed by atoms with Crippen LogP contribution >= 0.6 is 0 Å². The lowest BCUT2D eigenvalue weighted by Crippen LogP contribution is -2.49. The van der Waals surface area contributed by atoms with E-state index in [0.717, 1.165) is 31.6 Å². The Bertz CT molecular complexity index is 495. The van der Waals surface area contributed by atoms with Crippen LogP contribution in [0.2, 0.25) is 0 Å². The van der Waals surface area contributed by atoms with Gasteiger partial charge in [-0.1, -0.05) is 0 Å². The number of amides is 1. The number of piperidine rings is 1. The number of hydrogen-bond acceptors (Lipinski definition) is 3. The highest BCUT2D eigenvalue weighted by atomic mass is 16.2. The van der Waals surface area contributed by atoms with Gasteiger partial charge in [0.05, 0.1) is 17.0 Å². The van der Waals surface area contributed by atoms with Gasteiger partial charge in [-0.3, -0.25) is 4.79 Å². The van der Waals surface area contributed by atoms with Crippen molar-refractivity contribution in [2.24, 2.45) is 5.41 Å². The molecule has 0 bridgehead atoms. The molecule has 0 aromatic heterocycles. The van der Waals surface area contributed by atoms with Crippen LogP contribution in [0.4, 0.5) is 5.69 Å². The molecule has 2 rings (SSSR count). The summed E-state index contributed by atoms with van der Waals surface area (Å²) in [5, 5.41) is 12.1. The Balaban J connectivity index is 2.16. The third kappa shape index (κ3) is 2.77. The van der Waals surface area contributed by atoms with Crippen molar-refractivity contribution in [2.75, 3.05) is 25.0 Å². The molecule has 1 saturated heterocycles. The molecule has 1 amide bonds. The summed E-state index contributed by atoms with van der Waals surface area (Å²) in [6, 6.07) is 9.18. The van der Waals surface area contributed by atoms with E-state index < -0.39 is 0 Å². The van der Waals surface area contributed by atoms with E-state index in [1.54, 1.807) is 24.1 Å². The van der Waals surface area contributed by atoms with Gasteiger partial charge < -0.3 is 10.2 Å². The summed E-state index contributed by atoms with van der Waals surface area (Å²) in [6.07, 6.45) is 1.95. The summed E-state index contributed by atoms with van der Waals surface area (Å²) in [6.45, 7) is 3.73. The van der Waals surface area contributed by atoms with Crippen molar-refractivity contribution < 1.29 is 4.79 Å². The molecule has 100 valence electrons. The van der Waals surface area contributed by atoms with Gasteiger partial charge in [0.25, 0.3) is 0 Å². The molecule has 1 atom stereocenters. The first kappa shape index (κ1) is 13.6. The van der Waals surface area contributed by atoms with E-state index in [2.05, 4.69) is 11.4 Å². The predicted molar refractivity (Wildman–Crippen MR) is 74.8 cm³/mol. The number of hydrogen-bond donors (Lipinski definition) is 1. The Morgan fingerprint density at radius 1 is 1.42 bits per heavy atom. The zero-order valence-electron chi connectivity index (χ0n) is 11.4. The van der Waals surface area contributed by atoms with Crippen molar-refractivity contribution in [1.82, 2.24) is 5.32 Å². The van der Waals surface area contributed by atoms with Gasteiger partial charge in [0, 0.05) is 19.3 Å². The highest BCUT2D eigenvalue weighted by Gasteiger charge is 2.36. The first-order chi connectivity index (χ1) is 9.07. The van der Waals surface area contributed by atoms with Gasteiger partial charge in [-0.05, 0) is 50.6 Å². The lowest BCUT2D eigenvalue weighted by atomic mass is 9.81. The molecule has 1 aliphatic rings. The number of carbonyl (C=O) groups excluding carboxylic acids is 1. The first-order valence-corrected chi connectivity index (χ1v) is 6.56. The quantitative estimate of drug-likeness (QED) is 0.880. The molecule has 1 aromatic carbocycles. The molecule has 0 spiro atoms. The Morgan fingerprint density at radius 2 is 2.11 bits per heavy atom. The molecule has 1 N–H and O–H groups in total. The Morgan fingerprint density at radius 3 is 2.63 bits per heavy atom. The van der Waals surface area contributed by atoms with Gasteiger partial charge in [-0.25, -0.2) is 0 Å². The molecule has 1 heterocycles. The lowest BCUT2D eigenvalue weighted by molar-refractivity contribution is -0.128. The van der Waals surface area contributed by atoms with E-state index in [4.69, 9.17) is 5.26 Å². The number of nitriles is 1. The second kappa shape index (κ2) is 5.41. The number of anilines is 1. The van der Waals surface area contributed by atoms with Gasteiger partial charge in [-0.15, -0.1) is 0 Å². The maximum absolute atomic E-state index is 12.6. The van der Waals surface area contributed by atoms with Crippen LogP contribution in [0.3, 0.4) is 0 Å². The Labute approximate surface area is 114 Å². The normalized spacial score (nSPS) is 22.6. The summed E-state index contributed by atoms with van der Waals surface area (Å²) >= 11 is 0. The van der Waals surface area contributed by atoms with Crippen molar-refractivity contribution >= 4 is 11.6 Å². The highest BCUT2D eigenvalue weighted by molar-refractivity contribution is 5.97. The predicted octanol–water partition coefficient (Wildman–Crippen LogP) is 1.91. The number of nitrogens with one attached hydrogen (secondary N) is 1. The topological polar surface area (TPSA) is 56.1 Å². The average Bonchev–Trinajstić information content (AvgIpc) is 2.46. The summed E-state index contributed by atoms with van der Waals surface area (Å²) in [7, 11) is 1.80. The number of rotatable bonds is 2. The van der Waals surface area contributed by atoms with E-state index in [1.807, 2.05) is 19.1 Å². The first-order valence-electron chi connectivity index (χ1n) is 6.56. The SMILES string of the molecule is CN(C(=O)C1(C)CCCNC1)c1ccc(C#N)cc1. The molecule has 1 aliphatic heterocycles. The maximum Gasteiger partial charge on any atom is 0.233 e. The summed E-state index contributed by atoms with van der Waals surface area (Å²) in [5.41, 5.74) is 1.10. The fourth-order valence-electron chi connectivity index (χ4n) is 2.52. The van der Waals surface area contributed by atoms with Crippen LogP contribution in [-0.2, 0) is 4.79 Å². The molecule has 4 nitrogen and oxygen atoms in total. The van der Waals surface area contributed by atoms with E-state index in [0.29, 0.717) is 5.56 Å². The van der Waals surface area contributed by atoms with Crippen LogP contribution < -0.4 is 10.2 Å². The molecule has 19 heavy (non-hydrogen) atoms. The van der Waals surface area contributed by atoms with Crippen LogP contribution in [0.1, 0.15) is 25.3 Å². The molecule has 0 saturated carbocycles. The van der Waals surface area contributed by atoms with E-state index in [9.17, 15) is 4.79 Å². The van der Waals surface area contributed by atoms with Crippen molar-refractivity contribution in [1.29, 1.82) is 5.26 Å². The van der Waals surface area contributed by atoms with Crippen molar-refractivity contribution in [2.45, 2.75) is 19.8 Å². The van der Waals surface area contributed by atoms with Gasteiger partial charge in [0.2, 0.25) is 5.91 Å². The third-order valence-electron chi connectivity index (χ3n) is 3.80. The minimum Gasteiger partial charge on any atom is -0.316 e. The van der Waals surface area contributed by atoms with Crippen molar-refractivity contribution in [3.05, 3.63) is 29.8 Å². The molecule has 1 unspecified atom stereocenters. The minimum atomic E-state index is -0.332. The molecular weight excluding hydrogens is 238 g/mol. The molecule has 0 aliphatic carbocycles. The second-order valence-electron chi connectivity index (χ2n) is 5.36. The molecule has 4 heteroatoms. The number of nitrogens with zero attached hydrogens (tertiary/aromatic N) is 2. The number of benzene rings is 1. The summed E-state index contributed by atoms with van der Waals surface area (Å²) in [5.74, 6) is 0.129. The average molecular weight is 257 g/mol. The number of carbonyl (C=O) groups is 1. The Kier molecular flexibility index (Phi) is 3.87. The van der Waals surface area contributed by atoms with Crippen LogP contribution in [0.5, 0.6) is 0 Å². The zero-order valence-corrected chi connectivity index (χ0v) is 11.4. The molecular formula is C15H19N3O. The second-order valence-corrected chi connectivity index (χ2v) is 5.36. The molecule has 0 radical (unpaired) electrons. The highest BCUT2D eigenvalue weighted by Crippen LogP contribution is 2.29. The lowest BCUT2D eigenvalue weighted by Gasteiger charge is -2.36. The van der Waals surface area contributed by atoms with Crippen LogP contribution in [-0.4, -0.2) is 26.0 Å². The van der Waals surface area contributed by atoms with E-state index in [-0.39, 0.29) is 11.3 Å². The summed E-state index contributed by atoms with van der Waals surface area (Å²) in [4.78, 5) is 14.3. The van der Waals surface area contributed by atoms with E-state index >= 15 is 0 Å². The standard InChI is InChI=1S/C15H19N3O/c1-15(8-3-9-17-11-15)14(19)18(2)13-6-4-12(10-16)5-7-13/h4-7,17H,3,8-9,11H2,1-2H3. The van der Waals surface area contributed by atoms with Crippen LogP contribution in [0.15, 0.2) is 24.3 Å². The smallest absolute Gasteiger partial charge is 0.233 e. The van der Waals surface area contributed by atoms with Crippen LogP contribution in [0, 0.1) is 16.7 Å². The van der Waals surface area contributed by atoms with Gasteiger partial charge in [0.15, 0.2) is 0 Å². The Hall–Kier alpha value is -1.86. The van der Waals surface area contributed by atoms with E-state index in [1.165, 1.54) is 0 Å². The molecule has 1 aromatic rings. The van der Waals surface area contributed by atoms with Gasteiger partial charge in [0.1, 0.15) is 0 Å². The zero-order chi connectivity index (χ0) is 13.9. The van der Waals surface area contributed by atoms with Crippen LogP contribution in [0.25, 0.3) is 0 Å². The molecule has 1 fully saturated rings. The van der Waals surface area contributed by atoms with Crippen molar-refractivity contribution in [3.8, 4) is 6.07 Å².